The number of hydrogen-bond donors (Lipinski definition) is 1. The highest BCUT2D eigenvalue weighted by Gasteiger charge is 2.44. The van der Waals surface area contributed by atoms with Gasteiger partial charge in [0.05, 0.1) is 5.92 Å². The lowest BCUT2D eigenvalue weighted by atomic mass is 9.82. The normalized spacial score (nSPS) is 20.1. The van der Waals surface area contributed by atoms with E-state index >= 15 is 0 Å². The van der Waals surface area contributed by atoms with Crippen LogP contribution in [0.15, 0.2) is 35.6 Å². The second-order valence-electron chi connectivity index (χ2n) is 4.81. The number of ketones is 1. The molecule has 0 aromatic heterocycles. The zero-order valence-electron chi connectivity index (χ0n) is 12.3. The van der Waals surface area contributed by atoms with Crippen LogP contribution in [-0.2, 0) is 28.4 Å². The third-order valence-corrected chi connectivity index (χ3v) is 3.79. The standard InChI is InChI=1S/C14H14F2O7S/c15-14(16,24-23-22-19)13(18)21-8-7-20-12-6-2-3-9-10(12)4-1-5-11(9)17/h1-2,4,6,9,19H,3,5,7-8H2. The molecule has 0 amide bonds. The number of carbonyl (C=O) groups is 2. The van der Waals surface area contributed by atoms with Crippen LogP contribution < -0.4 is 0 Å². The first-order chi connectivity index (χ1) is 11.5. The van der Waals surface area contributed by atoms with Crippen LogP contribution >= 0.6 is 12.0 Å². The number of halogens is 2. The summed E-state index contributed by atoms with van der Waals surface area (Å²) in [6.45, 7) is -0.594. The fourth-order valence-electron chi connectivity index (χ4n) is 2.25. The van der Waals surface area contributed by atoms with Crippen molar-refractivity contribution in [2.45, 2.75) is 18.1 Å². The monoisotopic (exact) mass is 364 g/mol. The van der Waals surface area contributed by atoms with Gasteiger partial charge in [-0.05, 0) is 12.5 Å². The van der Waals surface area contributed by atoms with Crippen molar-refractivity contribution in [1.29, 1.82) is 0 Å². The fourth-order valence-corrected chi connectivity index (χ4v) is 2.49. The van der Waals surface area contributed by atoms with Crippen molar-refractivity contribution >= 4 is 23.8 Å². The third kappa shape index (κ3) is 4.63. The summed E-state index contributed by atoms with van der Waals surface area (Å²) in [5.41, 5.74) is 0.731. The van der Waals surface area contributed by atoms with Gasteiger partial charge in [0.25, 0.3) is 0 Å². The highest BCUT2D eigenvalue weighted by atomic mass is 32.2. The number of ether oxygens (including phenoxy) is 2. The van der Waals surface area contributed by atoms with E-state index in [1.54, 1.807) is 24.3 Å². The van der Waals surface area contributed by atoms with Crippen LogP contribution in [0, 0.1) is 5.92 Å². The van der Waals surface area contributed by atoms with E-state index < -0.39 is 29.9 Å². The Morgan fingerprint density at radius 1 is 1.33 bits per heavy atom. The number of esters is 1. The zero-order valence-corrected chi connectivity index (χ0v) is 13.1. The van der Waals surface area contributed by atoms with E-state index in [4.69, 9.17) is 9.99 Å². The summed E-state index contributed by atoms with van der Waals surface area (Å²) >= 11 is -0.700. The molecule has 0 bridgehead atoms. The molecule has 0 aliphatic heterocycles. The van der Waals surface area contributed by atoms with E-state index in [2.05, 4.69) is 14.1 Å². The lowest BCUT2D eigenvalue weighted by Gasteiger charge is -2.24. The predicted molar refractivity (Wildman–Crippen MR) is 77.3 cm³/mol. The van der Waals surface area contributed by atoms with Crippen molar-refractivity contribution < 1.29 is 42.5 Å². The number of alkyl halides is 2. The number of Topliss-reactive ketones (excluding diaryl/α,β-unsaturated/α-hetero) is 1. The number of carbonyl (C=O) groups excluding carboxylic acids is 2. The summed E-state index contributed by atoms with van der Waals surface area (Å²) in [6, 6.07) is 0. The van der Waals surface area contributed by atoms with E-state index in [1.807, 2.05) is 0 Å². The Bertz CT molecular complexity index is 586. The summed E-state index contributed by atoms with van der Waals surface area (Å²) in [5.74, 6) is -1.58. The molecule has 24 heavy (non-hydrogen) atoms. The lowest BCUT2D eigenvalue weighted by molar-refractivity contribution is -0.433. The summed E-state index contributed by atoms with van der Waals surface area (Å²) in [7, 11) is 0. The van der Waals surface area contributed by atoms with Gasteiger partial charge in [-0.2, -0.15) is 8.78 Å². The van der Waals surface area contributed by atoms with E-state index in [9.17, 15) is 18.4 Å². The van der Waals surface area contributed by atoms with Crippen LogP contribution in [0.4, 0.5) is 8.78 Å². The third-order valence-electron chi connectivity index (χ3n) is 3.29. The molecule has 0 saturated carbocycles. The van der Waals surface area contributed by atoms with Gasteiger partial charge in [-0.15, -0.1) is 4.33 Å². The van der Waals surface area contributed by atoms with E-state index in [0.717, 1.165) is 5.57 Å². The first kappa shape index (κ1) is 18.6. The summed E-state index contributed by atoms with van der Waals surface area (Å²) in [5, 5.41) is 6.75. The number of fused-ring (bicyclic) bond motifs is 1. The Morgan fingerprint density at radius 2 is 2.12 bits per heavy atom. The van der Waals surface area contributed by atoms with Gasteiger partial charge in [0, 0.05) is 12.0 Å². The van der Waals surface area contributed by atoms with E-state index in [1.165, 1.54) is 0 Å². The molecule has 1 unspecified atom stereocenters. The minimum Gasteiger partial charge on any atom is -0.490 e. The van der Waals surface area contributed by atoms with Crippen molar-refractivity contribution in [3.63, 3.8) is 0 Å². The minimum atomic E-state index is -4.04. The summed E-state index contributed by atoms with van der Waals surface area (Å²) < 4.78 is 39.5. The highest BCUT2D eigenvalue weighted by molar-refractivity contribution is 7.96. The molecule has 2 aliphatic carbocycles. The molecule has 0 aromatic carbocycles. The molecule has 132 valence electrons. The Kier molecular flexibility index (Phi) is 6.49. The van der Waals surface area contributed by atoms with Crippen LogP contribution in [0.1, 0.15) is 12.8 Å². The first-order valence-electron chi connectivity index (χ1n) is 6.89. The number of rotatable bonds is 8. The second kappa shape index (κ2) is 8.38. The van der Waals surface area contributed by atoms with Crippen LogP contribution in [0.3, 0.4) is 0 Å². The highest BCUT2D eigenvalue weighted by Crippen LogP contribution is 2.32. The molecule has 0 heterocycles. The average molecular weight is 364 g/mol. The molecule has 0 saturated heterocycles. The minimum absolute atomic E-state index is 0.0900. The molecule has 7 nitrogen and oxygen atoms in total. The molecule has 2 rings (SSSR count). The van der Waals surface area contributed by atoms with Gasteiger partial charge >= 0.3 is 11.2 Å². The van der Waals surface area contributed by atoms with Gasteiger partial charge < -0.3 is 9.47 Å². The quantitative estimate of drug-likeness (QED) is 0.231. The summed E-state index contributed by atoms with van der Waals surface area (Å²) in [6.07, 6.45) is 7.98. The Balaban J connectivity index is 1.83. The van der Waals surface area contributed by atoms with Crippen LogP contribution in [-0.4, -0.2) is 35.5 Å². The number of hydrogen-bond acceptors (Lipinski definition) is 8. The Hall–Kier alpha value is -1.75. The smallest absolute Gasteiger partial charge is 0.415 e. The Morgan fingerprint density at radius 3 is 2.88 bits per heavy atom. The Labute approximate surface area is 139 Å². The largest absolute Gasteiger partial charge is 0.490 e. The molecule has 2 aliphatic rings. The molecular formula is C14H14F2O7S. The SMILES string of the molecule is O=C1CC=CC2=C(OCCOC(=O)C(F)(F)SOOO)C=CCC12. The van der Waals surface area contributed by atoms with Crippen LogP contribution in [0.25, 0.3) is 0 Å². The van der Waals surface area contributed by atoms with Gasteiger partial charge in [-0.25, -0.2) is 10.1 Å². The van der Waals surface area contributed by atoms with Crippen molar-refractivity contribution in [3.8, 4) is 0 Å². The molecule has 1 N–H and O–H groups in total. The maximum Gasteiger partial charge on any atom is 0.415 e. The predicted octanol–water partition coefficient (Wildman–Crippen LogP) is 2.57. The molecule has 0 spiro atoms. The molecule has 0 aromatic rings. The zero-order chi connectivity index (χ0) is 17.6. The molecule has 1 atom stereocenters. The number of allylic oxidation sites excluding steroid dienone is 5. The first-order valence-corrected chi connectivity index (χ1v) is 7.63. The van der Waals surface area contributed by atoms with Crippen molar-refractivity contribution in [2.75, 3.05) is 13.2 Å². The van der Waals surface area contributed by atoms with E-state index in [-0.39, 0.29) is 18.3 Å². The fraction of sp³-hybridized carbons (Fsp3) is 0.429. The van der Waals surface area contributed by atoms with Crippen molar-refractivity contribution in [1.82, 2.24) is 0 Å². The molecule has 10 heteroatoms. The van der Waals surface area contributed by atoms with Gasteiger partial charge in [-0.3, -0.25) is 4.79 Å². The summed E-state index contributed by atoms with van der Waals surface area (Å²) in [4.78, 5) is 23.0. The molecule has 0 fully saturated rings. The van der Waals surface area contributed by atoms with Gasteiger partial charge in [0.1, 0.15) is 36.8 Å². The topological polar surface area (TPSA) is 91.3 Å². The van der Waals surface area contributed by atoms with Gasteiger partial charge in [-0.1, -0.05) is 23.3 Å². The van der Waals surface area contributed by atoms with Gasteiger partial charge in [0.15, 0.2) is 0 Å². The maximum atomic E-state index is 13.1. The van der Waals surface area contributed by atoms with Crippen LogP contribution in [0.5, 0.6) is 0 Å². The average Bonchev–Trinajstić information content (AvgIpc) is 2.57. The molecule has 0 radical (unpaired) electrons. The van der Waals surface area contributed by atoms with Crippen LogP contribution in [0.2, 0.25) is 0 Å². The van der Waals surface area contributed by atoms with Gasteiger partial charge in [0.2, 0.25) is 0 Å². The maximum absolute atomic E-state index is 13.1. The lowest BCUT2D eigenvalue weighted by Crippen LogP contribution is -2.28. The van der Waals surface area contributed by atoms with Crippen molar-refractivity contribution in [3.05, 3.63) is 35.6 Å². The van der Waals surface area contributed by atoms with Crippen molar-refractivity contribution in [2.24, 2.45) is 5.92 Å². The second-order valence-corrected chi connectivity index (χ2v) is 5.63. The molecular weight excluding hydrogens is 350 g/mol. The van der Waals surface area contributed by atoms with E-state index in [0.29, 0.717) is 18.6 Å².